The fourth-order valence-corrected chi connectivity index (χ4v) is 7.03. The van der Waals surface area contributed by atoms with E-state index in [2.05, 4.69) is 20.8 Å². The van der Waals surface area contributed by atoms with Crippen molar-refractivity contribution in [1.82, 2.24) is 0 Å². The minimum Gasteiger partial charge on any atom is -0.462 e. The lowest BCUT2D eigenvalue weighted by Crippen LogP contribution is -2.30. The van der Waals surface area contributed by atoms with E-state index < -0.39 is 6.10 Å². The molecule has 314 valence electrons. The number of ether oxygens (including phenoxy) is 3. The highest BCUT2D eigenvalue weighted by Gasteiger charge is 2.19. The molecule has 0 N–H and O–H groups in total. The van der Waals surface area contributed by atoms with Crippen LogP contribution in [0.4, 0.5) is 0 Å². The van der Waals surface area contributed by atoms with Gasteiger partial charge < -0.3 is 14.2 Å². The molecule has 0 spiro atoms. The lowest BCUT2D eigenvalue weighted by Gasteiger charge is -2.18. The van der Waals surface area contributed by atoms with Crippen molar-refractivity contribution >= 4 is 17.9 Å². The molecular formula is C47H90O6. The Balaban J connectivity index is 4.30. The molecule has 0 aliphatic carbocycles. The van der Waals surface area contributed by atoms with Gasteiger partial charge in [0.05, 0.1) is 0 Å². The van der Waals surface area contributed by atoms with Crippen molar-refractivity contribution in [2.75, 3.05) is 13.2 Å². The number of unbranched alkanes of at least 4 members (excludes halogenated alkanes) is 32. The Morgan fingerprint density at radius 2 is 0.509 bits per heavy atom. The van der Waals surface area contributed by atoms with Crippen molar-refractivity contribution in [2.45, 2.75) is 271 Å². The molecular weight excluding hydrogens is 661 g/mol. The summed E-state index contributed by atoms with van der Waals surface area (Å²) in [5.74, 6) is -0.850. The molecule has 6 heteroatoms. The summed E-state index contributed by atoms with van der Waals surface area (Å²) < 4.78 is 16.7. The van der Waals surface area contributed by atoms with E-state index in [9.17, 15) is 14.4 Å². The highest BCUT2D eigenvalue weighted by Crippen LogP contribution is 2.16. The van der Waals surface area contributed by atoms with Gasteiger partial charge in [-0.05, 0) is 19.3 Å². The van der Waals surface area contributed by atoms with Crippen molar-refractivity contribution < 1.29 is 28.6 Å². The third-order valence-electron chi connectivity index (χ3n) is 10.6. The van der Waals surface area contributed by atoms with E-state index in [1.54, 1.807) is 0 Å². The van der Waals surface area contributed by atoms with Crippen LogP contribution >= 0.6 is 0 Å². The molecule has 0 saturated heterocycles. The van der Waals surface area contributed by atoms with Crippen molar-refractivity contribution in [3.63, 3.8) is 0 Å². The minimum atomic E-state index is -0.757. The van der Waals surface area contributed by atoms with Gasteiger partial charge in [-0.1, -0.05) is 226 Å². The number of carbonyl (C=O) groups excluding carboxylic acids is 3. The topological polar surface area (TPSA) is 78.9 Å². The van der Waals surface area contributed by atoms with Gasteiger partial charge in [0.25, 0.3) is 0 Å². The zero-order valence-corrected chi connectivity index (χ0v) is 35.8. The summed E-state index contributed by atoms with van der Waals surface area (Å²) in [6.07, 6.45) is 43.6. The van der Waals surface area contributed by atoms with Gasteiger partial charge in [-0.2, -0.15) is 0 Å². The summed E-state index contributed by atoms with van der Waals surface area (Å²) in [7, 11) is 0. The van der Waals surface area contributed by atoms with Crippen LogP contribution in [0.1, 0.15) is 265 Å². The standard InChI is InChI=1S/C47H90O6/c1-4-7-10-13-16-19-22-24-26-29-31-34-37-40-46(49)52-43-44(53-47(50)41-38-35-32-27-21-18-15-12-9-6-3)42-51-45(48)39-36-33-30-28-25-23-20-17-14-11-8-5-2/h44H,4-43H2,1-3H3/t44-/m1/s1. The van der Waals surface area contributed by atoms with Crippen molar-refractivity contribution in [2.24, 2.45) is 0 Å². The van der Waals surface area contributed by atoms with Crippen LogP contribution in [0.15, 0.2) is 0 Å². The molecule has 0 bridgehead atoms. The summed E-state index contributed by atoms with van der Waals surface area (Å²) in [4.78, 5) is 37.7. The van der Waals surface area contributed by atoms with Gasteiger partial charge in [-0.25, -0.2) is 0 Å². The highest BCUT2D eigenvalue weighted by atomic mass is 16.6. The summed E-state index contributed by atoms with van der Waals surface area (Å²) in [6, 6.07) is 0. The van der Waals surface area contributed by atoms with Crippen LogP contribution in [-0.2, 0) is 28.6 Å². The van der Waals surface area contributed by atoms with Crippen LogP contribution in [0.3, 0.4) is 0 Å². The smallest absolute Gasteiger partial charge is 0.306 e. The van der Waals surface area contributed by atoms with E-state index in [0.29, 0.717) is 19.3 Å². The first-order chi connectivity index (χ1) is 26.0. The van der Waals surface area contributed by atoms with Crippen LogP contribution < -0.4 is 0 Å². The quantitative estimate of drug-likeness (QED) is 0.0351. The maximum atomic E-state index is 12.7. The molecule has 53 heavy (non-hydrogen) atoms. The zero-order chi connectivity index (χ0) is 38.7. The van der Waals surface area contributed by atoms with Gasteiger partial charge in [0.15, 0.2) is 6.10 Å². The second kappa shape index (κ2) is 43.1. The van der Waals surface area contributed by atoms with E-state index in [0.717, 1.165) is 57.8 Å². The molecule has 0 radical (unpaired) electrons. The molecule has 0 saturated carbocycles. The number of carbonyl (C=O) groups is 3. The zero-order valence-electron chi connectivity index (χ0n) is 35.8. The number of esters is 3. The van der Waals surface area contributed by atoms with Crippen LogP contribution in [0.5, 0.6) is 0 Å². The molecule has 0 amide bonds. The van der Waals surface area contributed by atoms with Crippen molar-refractivity contribution in [3.8, 4) is 0 Å². The molecule has 1 atom stereocenters. The van der Waals surface area contributed by atoms with E-state index in [4.69, 9.17) is 14.2 Å². The van der Waals surface area contributed by atoms with Crippen molar-refractivity contribution in [1.29, 1.82) is 0 Å². The third-order valence-corrected chi connectivity index (χ3v) is 10.6. The molecule has 0 unspecified atom stereocenters. The van der Waals surface area contributed by atoms with Crippen LogP contribution in [0.2, 0.25) is 0 Å². The second-order valence-electron chi connectivity index (χ2n) is 16.0. The van der Waals surface area contributed by atoms with Gasteiger partial charge in [0.1, 0.15) is 13.2 Å². The molecule has 0 fully saturated rings. The summed E-state index contributed by atoms with van der Waals surface area (Å²) >= 11 is 0. The van der Waals surface area contributed by atoms with Gasteiger partial charge in [0, 0.05) is 19.3 Å². The average Bonchev–Trinajstić information content (AvgIpc) is 3.15. The predicted octanol–water partition coefficient (Wildman–Crippen LogP) is 14.9. The first kappa shape index (κ1) is 51.4. The maximum absolute atomic E-state index is 12.7. The lowest BCUT2D eigenvalue weighted by molar-refractivity contribution is -0.167. The molecule has 0 aliphatic rings. The third kappa shape index (κ3) is 41.4. The monoisotopic (exact) mass is 751 g/mol. The van der Waals surface area contributed by atoms with E-state index in [-0.39, 0.29) is 31.1 Å². The van der Waals surface area contributed by atoms with Gasteiger partial charge in [-0.15, -0.1) is 0 Å². The van der Waals surface area contributed by atoms with E-state index >= 15 is 0 Å². The first-order valence-corrected chi connectivity index (χ1v) is 23.5. The first-order valence-electron chi connectivity index (χ1n) is 23.5. The Morgan fingerprint density at radius 3 is 0.755 bits per heavy atom. The summed E-state index contributed by atoms with van der Waals surface area (Å²) in [6.45, 7) is 6.64. The van der Waals surface area contributed by atoms with Crippen LogP contribution in [-0.4, -0.2) is 37.2 Å². The molecule has 6 nitrogen and oxygen atoms in total. The second-order valence-corrected chi connectivity index (χ2v) is 16.0. The Bertz CT molecular complexity index is 783. The average molecular weight is 751 g/mol. The Labute approximate surface area is 329 Å². The molecule has 0 aromatic heterocycles. The van der Waals surface area contributed by atoms with Gasteiger partial charge in [0.2, 0.25) is 0 Å². The maximum Gasteiger partial charge on any atom is 0.306 e. The predicted molar refractivity (Wildman–Crippen MR) is 224 cm³/mol. The number of hydrogen-bond acceptors (Lipinski definition) is 6. The Kier molecular flexibility index (Phi) is 41.8. The number of hydrogen-bond donors (Lipinski definition) is 0. The fourth-order valence-electron chi connectivity index (χ4n) is 7.03. The summed E-state index contributed by atoms with van der Waals surface area (Å²) in [5, 5.41) is 0. The number of rotatable bonds is 43. The van der Waals surface area contributed by atoms with E-state index in [1.165, 1.54) is 167 Å². The molecule has 0 aliphatic heterocycles. The molecule has 0 aromatic carbocycles. The normalized spacial score (nSPS) is 11.8. The van der Waals surface area contributed by atoms with Crippen LogP contribution in [0, 0.1) is 0 Å². The molecule has 0 aromatic rings. The van der Waals surface area contributed by atoms with Crippen molar-refractivity contribution in [3.05, 3.63) is 0 Å². The SMILES string of the molecule is CCCCCCCCCCCCCCCC(=O)OC[C@@H](COC(=O)CCCCCCCCCCCCCC)OC(=O)CCCCCCCCCCCC. The molecule has 0 rings (SSSR count). The highest BCUT2D eigenvalue weighted by molar-refractivity contribution is 5.71. The van der Waals surface area contributed by atoms with E-state index in [1.807, 2.05) is 0 Å². The van der Waals surface area contributed by atoms with Crippen LogP contribution in [0.25, 0.3) is 0 Å². The Morgan fingerprint density at radius 1 is 0.302 bits per heavy atom. The Hall–Kier alpha value is -1.59. The van der Waals surface area contributed by atoms with Gasteiger partial charge in [-0.3, -0.25) is 14.4 Å². The summed E-state index contributed by atoms with van der Waals surface area (Å²) in [5.41, 5.74) is 0. The van der Waals surface area contributed by atoms with Gasteiger partial charge >= 0.3 is 17.9 Å². The fraction of sp³-hybridized carbons (Fsp3) is 0.936. The molecule has 0 heterocycles. The largest absolute Gasteiger partial charge is 0.462 e. The lowest BCUT2D eigenvalue weighted by atomic mass is 10.0. The minimum absolute atomic E-state index is 0.0626.